The van der Waals surface area contributed by atoms with Gasteiger partial charge in [-0.25, -0.2) is 0 Å². The van der Waals surface area contributed by atoms with Gasteiger partial charge in [0.15, 0.2) is 0 Å². The molecule has 1 N–H and O–H groups in total. The minimum absolute atomic E-state index is 0.385. The van der Waals surface area contributed by atoms with Gasteiger partial charge < -0.3 is 9.59 Å². The highest BCUT2D eigenvalue weighted by molar-refractivity contribution is 5.44. The highest BCUT2D eigenvalue weighted by atomic mass is 16.3. The fraction of sp³-hybridized carbons (Fsp3) is 0.714. The Labute approximate surface area is 140 Å². The lowest BCUT2D eigenvalue weighted by Crippen LogP contribution is -2.68. The number of quaternary nitrogens is 1. The van der Waals surface area contributed by atoms with Crippen LogP contribution in [-0.2, 0) is 11.8 Å². The lowest BCUT2D eigenvalue weighted by molar-refractivity contribution is -0.946. The van der Waals surface area contributed by atoms with Gasteiger partial charge in [-0.2, -0.15) is 0 Å². The number of hydrogen-bond acceptors (Lipinski definition) is 1. The molecule has 2 nitrogen and oxygen atoms in total. The molecule has 1 heterocycles. The van der Waals surface area contributed by atoms with Gasteiger partial charge in [-0.1, -0.05) is 18.9 Å². The first-order valence-corrected chi connectivity index (χ1v) is 9.77. The van der Waals surface area contributed by atoms with Gasteiger partial charge in [0, 0.05) is 30.1 Å². The van der Waals surface area contributed by atoms with Crippen LogP contribution in [0.3, 0.4) is 0 Å². The minimum atomic E-state index is 0.385. The maximum absolute atomic E-state index is 10.1. The summed E-state index contributed by atoms with van der Waals surface area (Å²) in [6.45, 7) is 2.78. The molecule has 1 aromatic carbocycles. The number of nitrogens with zero attached hydrogens (tertiary/aromatic N) is 1. The Morgan fingerprint density at radius 2 is 2.04 bits per heavy atom. The Morgan fingerprint density at radius 3 is 2.87 bits per heavy atom. The van der Waals surface area contributed by atoms with E-state index in [0.717, 1.165) is 17.9 Å². The minimum Gasteiger partial charge on any atom is -0.508 e. The van der Waals surface area contributed by atoms with Crippen molar-refractivity contribution in [1.82, 2.24) is 0 Å². The smallest absolute Gasteiger partial charge is 0.115 e. The normalized spacial score (nSPS) is 42.0. The molecular weight excluding hydrogens is 282 g/mol. The van der Waals surface area contributed by atoms with Crippen molar-refractivity contribution in [2.45, 2.75) is 62.8 Å². The van der Waals surface area contributed by atoms with Crippen molar-refractivity contribution in [3.63, 3.8) is 0 Å². The Balaban J connectivity index is 1.62. The number of likely N-dealkylation sites (tertiary alicyclic amines) is 1. The Kier molecular flexibility index (Phi) is 2.96. The zero-order chi connectivity index (χ0) is 15.7. The molecule has 3 fully saturated rings. The zero-order valence-electron chi connectivity index (χ0n) is 14.4. The number of likely N-dealkylation sites (N-methyl/N-ethyl adjacent to an activating group) is 1. The molecule has 3 aliphatic carbocycles. The Morgan fingerprint density at radius 1 is 1.17 bits per heavy atom. The summed E-state index contributed by atoms with van der Waals surface area (Å²) in [4.78, 5) is 0. The van der Waals surface area contributed by atoms with Crippen molar-refractivity contribution in [3.8, 4) is 5.75 Å². The van der Waals surface area contributed by atoms with E-state index in [-0.39, 0.29) is 0 Å². The fourth-order valence-electron chi connectivity index (χ4n) is 6.57. The van der Waals surface area contributed by atoms with Crippen LogP contribution in [0.2, 0.25) is 0 Å². The van der Waals surface area contributed by atoms with E-state index in [4.69, 9.17) is 0 Å². The number of fused-ring (bicyclic) bond motifs is 1. The summed E-state index contributed by atoms with van der Waals surface area (Å²) in [6.07, 6.45) is 11.1. The largest absolute Gasteiger partial charge is 0.508 e. The maximum Gasteiger partial charge on any atom is 0.115 e. The summed E-state index contributed by atoms with van der Waals surface area (Å²) in [6, 6.07) is 7.10. The van der Waals surface area contributed by atoms with Gasteiger partial charge in [-0.15, -0.1) is 0 Å². The molecule has 1 aliphatic heterocycles. The molecule has 124 valence electrons. The van der Waals surface area contributed by atoms with Gasteiger partial charge in [-0.05, 0) is 48.9 Å². The van der Waals surface area contributed by atoms with Gasteiger partial charge in [0.2, 0.25) is 0 Å². The molecule has 0 amide bonds. The Hall–Kier alpha value is -1.02. The summed E-state index contributed by atoms with van der Waals surface area (Å²) >= 11 is 0. The van der Waals surface area contributed by atoms with Crippen molar-refractivity contribution < 1.29 is 9.59 Å². The molecule has 1 aromatic rings. The van der Waals surface area contributed by atoms with Crippen molar-refractivity contribution >= 4 is 0 Å². The zero-order valence-corrected chi connectivity index (χ0v) is 14.4. The van der Waals surface area contributed by atoms with Crippen LogP contribution in [0.25, 0.3) is 0 Å². The third-order valence-corrected chi connectivity index (χ3v) is 7.86. The summed E-state index contributed by atoms with van der Waals surface area (Å²) < 4.78 is 1.33. The van der Waals surface area contributed by atoms with Crippen LogP contribution in [0.1, 0.15) is 56.1 Å². The van der Waals surface area contributed by atoms with Gasteiger partial charge in [0.1, 0.15) is 5.75 Å². The SMILES string of the molecule is C[N+]1(CC2CC2)CC[C@@]23CCCCC2C1Cc1ccc(O)cc13. The molecule has 0 aromatic heterocycles. The standard InChI is InChI=1S/C21H29NO/c1-22(14-15-5-6-15)11-10-21-9-3-2-4-18(21)20(22)12-16-7-8-17(23)13-19(16)21/h7-8,13,15,18,20H,2-6,9-12,14H2,1H3/p+1/t18?,20?,21-,22?/m0/s1. The highest BCUT2D eigenvalue weighted by Crippen LogP contribution is 2.58. The van der Waals surface area contributed by atoms with E-state index in [1.54, 1.807) is 5.56 Å². The monoisotopic (exact) mass is 312 g/mol. The average Bonchev–Trinajstić information content (AvgIpc) is 3.35. The predicted octanol–water partition coefficient (Wildman–Crippen LogP) is 4.01. The summed E-state index contributed by atoms with van der Waals surface area (Å²) in [5.41, 5.74) is 3.46. The lowest BCUT2D eigenvalue weighted by atomic mass is 9.52. The summed E-state index contributed by atoms with van der Waals surface area (Å²) in [5.74, 6) is 2.34. The number of benzene rings is 1. The van der Waals surface area contributed by atoms with Crippen LogP contribution in [0, 0.1) is 11.8 Å². The number of aromatic hydroxyl groups is 1. The van der Waals surface area contributed by atoms with E-state index in [1.165, 1.54) is 74.5 Å². The number of phenolic OH excluding ortho intramolecular Hbond substituents is 1. The molecule has 0 spiro atoms. The molecule has 2 saturated carbocycles. The summed E-state index contributed by atoms with van der Waals surface area (Å²) in [5, 5.41) is 10.1. The molecule has 2 heteroatoms. The first kappa shape index (κ1) is 14.3. The second kappa shape index (κ2) is 4.75. The van der Waals surface area contributed by atoms with Crippen LogP contribution in [0.5, 0.6) is 5.75 Å². The number of phenols is 1. The van der Waals surface area contributed by atoms with Crippen molar-refractivity contribution in [2.24, 2.45) is 11.8 Å². The van der Waals surface area contributed by atoms with Crippen molar-refractivity contribution in [3.05, 3.63) is 29.3 Å². The molecule has 23 heavy (non-hydrogen) atoms. The molecule has 2 bridgehead atoms. The molecular formula is C21H30NO+. The van der Waals surface area contributed by atoms with Crippen LogP contribution >= 0.6 is 0 Å². The molecule has 3 unspecified atom stereocenters. The second-order valence-corrected chi connectivity index (χ2v) is 9.20. The van der Waals surface area contributed by atoms with Crippen LogP contribution in [0.15, 0.2) is 18.2 Å². The van der Waals surface area contributed by atoms with Crippen LogP contribution in [-0.4, -0.2) is 35.8 Å². The topological polar surface area (TPSA) is 20.2 Å². The number of rotatable bonds is 2. The quantitative estimate of drug-likeness (QED) is 0.818. The second-order valence-electron chi connectivity index (χ2n) is 9.20. The van der Waals surface area contributed by atoms with Gasteiger partial charge in [-0.3, -0.25) is 0 Å². The van der Waals surface area contributed by atoms with Gasteiger partial charge in [0.25, 0.3) is 0 Å². The third-order valence-electron chi connectivity index (χ3n) is 7.86. The predicted molar refractivity (Wildman–Crippen MR) is 92.5 cm³/mol. The van der Waals surface area contributed by atoms with E-state index in [2.05, 4.69) is 19.2 Å². The average molecular weight is 312 g/mol. The number of piperidine rings is 1. The molecule has 1 saturated heterocycles. The van der Waals surface area contributed by atoms with E-state index < -0.39 is 0 Å². The van der Waals surface area contributed by atoms with Crippen LogP contribution < -0.4 is 0 Å². The van der Waals surface area contributed by atoms with E-state index in [1.807, 2.05) is 6.07 Å². The van der Waals surface area contributed by atoms with E-state index in [0.29, 0.717) is 11.2 Å². The van der Waals surface area contributed by atoms with E-state index >= 15 is 0 Å². The van der Waals surface area contributed by atoms with Gasteiger partial charge >= 0.3 is 0 Å². The van der Waals surface area contributed by atoms with E-state index in [9.17, 15) is 5.11 Å². The first-order chi connectivity index (χ1) is 11.1. The Bertz CT molecular complexity index is 637. The number of hydrogen-bond donors (Lipinski definition) is 1. The highest BCUT2D eigenvalue weighted by Gasteiger charge is 2.59. The molecule has 5 rings (SSSR count). The molecule has 0 radical (unpaired) electrons. The summed E-state index contributed by atoms with van der Waals surface area (Å²) in [7, 11) is 2.56. The van der Waals surface area contributed by atoms with Crippen molar-refractivity contribution in [1.29, 1.82) is 0 Å². The maximum atomic E-state index is 10.1. The van der Waals surface area contributed by atoms with Gasteiger partial charge in [0.05, 0.1) is 26.2 Å². The molecule has 4 aliphatic rings. The molecule has 4 atom stereocenters. The fourth-order valence-corrected chi connectivity index (χ4v) is 6.57. The third kappa shape index (κ3) is 2.03. The van der Waals surface area contributed by atoms with Crippen LogP contribution in [0.4, 0.5) is 0 Å². The lowest BCUT2D eigenvalue weighted by Gasteiger charge is -2.61. The van der Waals surface area contributed by atoms with Crippen molar-refractivity contribution in [2.75, 3.05) is 20.1 Å². The first-order valence-electron chi connectivity index (χ1n) is 9.77.